The number of nitriles is 1. The number of rotatable bonds is 2. The second-order valence-corrected chi connectivity index (χ2v) is 5.58. The lowest BCUT2D eigenvalue weighted by Gasteiger charge is -2.20. The van der Waals surface area contributed by atoms with Gasteiger partial charge in [0.1, 0.15) is 6.07 Å². The zero-order valence-corrected chi connectivity index (χ0v) is 12.0. The van der Waals surface area contributed by atoms with Gasteiger partial charge in [0.05, 0.1) is 16.1 Å². The van der Waals surface area contributed by atoms with Crippen molar-refractivity contribution in [3.05, 3.63) is 28.2 Å². The molecule has 84 valence electrons. The lowest BCUT2D eigenvalue weighted by molar-refractivity contribution is -0.117. The lowest BCUT2D eigenvalue weighted by atomic mass is 10.2. The summed E-state index contributed by atoms with van der Waals surface area (Å²) in [6.07, 6.45) is 0. The van der Waals surface area contributed by atoms with E-state index >= 15 is 0 Å². The van der Waals surface area contributed by atoms with E-state index in [1.165, 1.54) is 4.90 Å². The molecule has 0 spiro atoms. The van der Waals surface area contributed by atoms with Gasteiger partial charge < -0.3 is 4.90 Å². The summed E-state index contributed by atoms with van der Waals surface area (Å²) in [6, 6.07) is 7.28. The van der Waals surface area contributed by atoms with Gasteiger partial charge in [-0.1, -0.05) is 31.9 Å². The van der Waals surface area contributed by atoms with Crippen molar-refractivity contribution in [2.24, 2.45) is 0 Å². The Morgan fingerprint density at radius 3 is 2.69 bits per heavy atom. The number of carbonyl (C=O) groups excluding carboxylic acids is 1. The molecule has 1 amide bonds. The highest BCUT2D eigenvalue weighted by atomic mass is 79.9. The molecule has 0 saturated carbocycles. The van der Waals surface area contributed by atoms with Crippen molar-refractivity contribution in [1.82, 2.24) is 0 Å². The van der Waals surface area contributed by atoms with Crippen LogP contribution < -0.4 is 4.90 Å². The number of anilines is 1. The van der Waals surface area contributed by atoms with Crippen LogP contribution in [0.25, 0.3) is 0 Å². The summed E-state index contributed by atoms with van der Waals surface area (Å²) in [5, 5.41) is 8.96. The van der Waals surface area contributed by atoms with E-state index in [0.29, 0.717) is 11.3 Å². The number of nitrogens with zero attached hydrogens (tertiary/aromatic N) is 2. The smallest absolute Gasteiger partial charge is 0.240 e. The molecule has 0 saturated heterocycles. The second-order valence-electron chi connectivity index (χ2n) is 3.29. The molecule has 1 unspecified atom stereocenters. The molecule has 0 aliphatic heterocycles. The molecule has 16 heavy (non-hydrogen) atoms. The van der Waals surface area contributed by atoms with Crippen LogP contribution in [-0.2, 0) is 4.79 Å². The number of carbonyl (C=O) groups is 1. The lowest BCUT2D eigenvalue weighted by Crippen LogP contribution is -2.32. The molecule has 0 bridgehead atoms. The highest BCUT2D eigenvalue weighted by molar-refractivity contribution is 9.10. The molecule has 3 nitrogen and oxygen atoms in total. The summed E-state index contributed by atoms with van der Waals surface area (Å²) in [5.41, 5.74) is 1.08. The molecule has 0 radical (unpaired) electrons. The second kappa shape index (κ2) is 5.46. The molecule has 0 N–H and O–H groups in total. The van der Waals surface area contributed by atoms with Crippen LogP contribution in [0.1, 0.15) is 12.5 Å². The average molecular weight is 346 g/mol. The van der Waals surface area contributed by atoms with E-state index in [0.717, 1.165) is 4.47 Å². The number of halogens is 2. The maximum Gasteiger partial charge on any atom is 0.240 e. The zero-order valence-electron chi connectivity index (χ0n) is 8.87. The Morgan fingerprint density at radius 2 is 2.19 bits per heavy atom. The molecular weight excluding hydrogens is 336 g/mol. The number of alkyl halides is 1. The van der Waals surface area contributed by atoms with E-state index < -0.39 is 0 Å². The molecule has 0 fully saturated rings. The van der Waals surface area contributed by atoms with Gasteiger partial charge in [0, 0.05) is 11.5 Å². The van der Waals surface area contributed by atoms with Crippen molar-refractivity contribution < 1.29 is 4.79 Å². The summed E-state index contributed by atoms with van der Waals surface area (Å²) >= 11 is 6.54. The Bertz CT molecular complexity index is 452. The fourth-order valence-corrected chi connectivity index (χ4v) is 1.92. The first-order chi connectivity index (χ1) is 7.47. The maximum atomic E-state index is 11.8. The van der Waals surface area contributed by atoms with Crippen LogP contribution >= 0.6 is 31.9 Å². The third kappa shape index (κ3) is 2.83. The zero-order chi connectivity index (χ0) is 12.3. The summed E-state index contributed by atoms with van der Waals surface area (Å²) in [4.78, 5) is 13.0. The Kier molecular flexibility index (Phi) is 4.51. The van der Waals surface area contributed by atoms with Crippen LogP contribution in [0.4, 0.5) is 5.69 Å². The van der Waals surface area contributed by atoms with E-state index in [2.05, 4.69) is 37.9 Å². The molecule has 1 rings (SSSR count). The van der Waals surface area contributed by atoms with Gasteiger partial charge in [-0.2, -0.15) is 5.26 Å². The van der Waals surface area contributed by atoms with Gasteiger partial charge in [-0.3, -0.25) is 4.79 Å². The summed E-state index contributed by atoms with van der Waals surface area (Å²) in [6.45, 7) is 1.75. The minimum atomic E-state index is -0.275. The minimum absolute atomic E-state index is 0.0883. The van der Waals surface area contributed by atoms with Crippen molar-refractivity contribution in [3.63, 3.8) is 0 Å². The van der Waals surface area contributed by atoms with Gasteiger partial charge >= 0.3 is 0 Å². The van der Waals surface area contributed by atoms with Crippen LogP contribution in [0.5, 0.6) is 0 Å². The van der Waals surface area contributed by atoms with E-state index in [-0.39, 0.29) is 10.7 Å². The number of benzene rings is 1. The molecule has 0 aromatic heterocycles. The quantitative estimate of drug-likeness (QED) is 0.773. The molecule has 1 aromatic carbocycles. The van der Waals surface area contributed by atoms with E-state index in [9.17, 15) is 4.79 Å². The molecule has 0 aliphatic carbocycles. The summed E-state index contributed by atoms with van der Waals surface area (Å²) in [5.74, 6) is -0.0883. The van der Waals surface area contributed by atoms with E-state index in [1.54, 1.807) is 32.2 Å². The number of hydrogen-bond donors (Lipinski definition) is 0. The van der Waals surface area contributed by atoms with Crippen LogP contribution in [0.15, 0.2) is 22.7 Å². The van der Waals surface area contributed by atoms with Crippen LogP contribution in [0.2, 0.25) is 0 Å². The van der Waals surface area contributed by atoms with Crippen molar-refractivity contribution >= 4 is 43.5 Å². The van der Waals surface area contributed by atoms with Gasteiger partial charge in [0.25, 0.3) is 0 Å². The normalized spacial score (nSPS) is 11.7. The van der Waals surface area contributed by atoms with Crippen molar-refractivity contribution in [2.75, 3.05) is 11.9 Å². The van der Waals surface area contributed by atoms with E-state index in [1.807, 2.05) is 0 Å². The Labute approximate surface area is 111 Å². The van der Waals surface area contributed by atoms with Crippen molar-refractivity contribution in [2.45, 2.75) is 11.8 Å². The monoisotopic (exact) mass is 344 g/mol. The van der Waals surface area contributed by atoms with Crippen LogP contribution in [0, 0.1) is 11.3 Å². The SMILES string of the molecule is CC(Br)C(=O)N(C)c1cc(Br)ccc1C#N. The predicted molar refractivity (Wildman–Crippen MR) is 70.7 cm³/mol. The third-order valence-electron chi connectivity index (χ3n) is 2.11. The largest absolute Gasteiger partial charge is 0.313 e. The first-order valence-electron chi connectivity index (χ1n) is 4.58. The average Bonchev–Trinajstić information content (AvgIpc) is 2.26. The summed E-state index contributed by atoms with van der Waals surface area (Å²) < 4.78 is 0.836. The topological polar surface area (TPSA) is 44.1 Å². The van der Waals surface area contributed by atoms with Gasteiger partial charge in [-0.05, 0) is 25.1 Å². The fraction of sp³-hybridized carbons (Fsp3) is 0.273. The maximum absolute atomic E-state index is 11.8. The predicted octanol–water partition coefficient (Wildman–Crippen LogP) is 3.07. The molecule has 1 aromatic rings. The molecule has 0 aliphatic rings. The van der Waals surface area contributed by atoms with Gasteiger partial charge in [-0.15, -0.1) is 0 Å². The van der Waals surface area contributed by atoms with Crippen molar-refractivity contribution in [3.8, 4) is 6.07 Å². The van der Waals surface area contributed by atoms with Gasteiger partial charge in [-0.25, -0.2) is 0 Å². The van der Waals surface area contributed by atoms with Crippen LogP contribution in [0.3, 0.4) is 0 Å². The fourth-order valence-electron chi connectivity index (χ4n) is 1.26. The van der Waals surface area contributed by atoms with Gasteiger partial charge in [0.2, 0.25) is 5.91 Å². The molecular formula is C11H10Br2N2O. The van der Waals surface area contributed by atoms with Crippen molar-refractivity contribution in [1.29, 1.82) is 5.26 Å². The first-order valence-corrected chi connectivity index (χ1v) is 6.29. The number of hydrogen-bond acceptors (Lipinski definition) is 2. The minimum Gasteiger partial charge on any atom is -0.313 e. The third-order valence-corrected chi connectivity index (χ3v) is 3.00. The Morgan fingerprint density at radius 1 is 1.56 bits per heavy atom. The molecule has 1 atom stereocenters. The standard InChI is InChI=1S/C11H10Br2N2O/c1-7(12)11(16)15(2)10-5-9(13)4-3-8(10)6-14/h3-5,7H,1-2H3. The number of amides is 1. The van der Waals surface area contributed by atoms with Crippen LogP contribution in [-0.4, -0.2) is 17.8 Å². The summed E-state index contributed by atoms with van der Waals surface area (Å²) in [7, 11) is 1.66. The molecule has 5 heteroatoms. The Balaban J connectivity index is 3.17. The Hall–Kier alpha value is -0.860. The highest BCUT2D eigenvalue weighted by Gasteiger charge is 2.18. The van der Waals surface area contributed by atoms with Gasteiger partial charge in [0.15, 0.2) is 0 Å². The first kappa shape index (κ1) is 13.2. The molecule has 0 heterocycles. The van der Waals surface area contributed by atoms with E-state index in [4.69, 9.17) is 5.26 Å². The highest BCUT2D eigenvalue weighted by Crippen LogP contribution is 2.24.